The predicted molar refractivity (Wildman–Crippen MR) is 269 cm³/mol. The van der Waals surface area contributed by atoms with Crippen molar-refractivity contribution in [2.24, 2.45) is 16.6 Å². The van der Waals surface area contributed by atoms with Crippen molar-refractivity contribution in [3.8, 4) is 11.5 Å². The molecule has 2 atom stereocenters. The molecule has 16 heteroatoms. The van der Waals surface area contributed by atoms with Crippen molar-refractivity contribution in [1.29, 1.82) is 0 Å². The SMILES string of the molecule is CC(C)(C)OC(=O)N[C@@](C)(COP(=O)(O)O)c1ccc2cc(OC3CCC4(CCCCC4)CC3)ccc2c1.C[C@](N)(COP(=O)(O)O)c1ccc2cc(OC3CCC4(CCCCC4)CC3)ccc2c1. The summed E-state index contributed by atoms with van der Waals surface area (Å²) in [5.74, 6) is 1.74. The summed E-state index contributed by atoms with van der Waals surface area (Å²) in [6.45, 7) is 7.86. The number of alkyl carbamates (subject to hydrolysis) is 1. The summed E-state index contributed by atoms with van der Waals surface area (Å²) in [5.41, 5.74) is 5.80. The monoisotopic (exact) mass is 994 g/mol. The smallest absolute Gasteiger partial charge is 0.469 e. The summed E-state index contributed by atoms with van der Waals surface area (Å²) in [6, 6.07) is 23.4. The van der Waals surface area contributed by atoms with Crippen molar-refractivity contribution in [3.05, 3.63) is 83.9 Å². The number of nitrogens with two attached hydrogens (primary N) is 1. The molecule has 4 aromatic rings. The first-order valence-corrected chi connectivity index (χ1v) is 28.1. The third kappa shape index (κ3) is 15.2. The third-order valence-corrected chi connectivity index (χ3v) is 16.1. The van der Waals surface area contributed by atoms with Crippen LogP contribution < -0.4 is 20.5 Å². The van der Waals surface area contributed by atoms with Crippen molar-refractivity contribution < 1.29 is 56.8 Å². The van der Waals surface area contributed by atoms with E-state index in [2.05, 4.69) is 15.9 Å². The lowest BCUT2D eigenvalue weighted by Crippen LogP contribution is -2.48. The maximum absolute atomic E-state index is 12.6. The Hall–Kier alpha value is -3.55. The topological polar surface area (TPSA) is 216 Å². The van der Waals surface area contributed by atoms with Gasteiger partial charge in [0.05, 0.1) is 36.5 Å². The van der Waals surface area contributed by atoms with Crippen molar-refractivity contribution in [3.63, 3.8) is 0 Å². The van der Waals surface area contributed by atoms with Crippen LogP contribution in [0.2, 0.25) is 0 Å². The Morgan fingerprint density at radius 2 is 0.971 bits per heavy atom. The summed E-state index contributed by atoms with van der Waals surface area (Å²) >= 11 is 0. The minimum atomic E-state index is -4.76. The Balaban J connectivity index is 0.000000208. The average Bonchev–Trinajstić information content (AvgIpc) is 3.29. The molecule has 0 aromatic heterocycles. The Labute approximate surface area is 408 Å². The van der Waals surface area contributed by atoms with Crippen molar-refractivity contribution >= 4 is 43.3 Å². The van der Waals surface area contributed by atoms with Crippen LogP contribution in [-0.2, 0) is 34.0 Å². The van der Waals surface area contributed by atoms with Gasteiger partial charge in [0.15, 0.2) is 0 Å². The second-order valence-corrected chi connectivity index (χ2v) is 24.6. The number of ether oxygens (including phenoxy) is 3. The van der Waals surface area contributed by atoms with Crippen LogP contribution in [0, 0.1) is 10.8 Å². The molecule has 0 radical (unpaired) electrons. The first kappa shape index (κ1) is 53.3. The Morgan fingerprint density at radius 1 is 0.580 bits per heavy atom. The highest BCUT2D eigenvalue weighted by molar-refractivity contribution is 7.46. The molecule has 2 spiro atoms. The minimum absolute atomic E-state index is 0.241. The molecule has 4 fully saturated rings. The zero-order chi connectivity index (χ0) is 49.7. The maximum Gasteiger partial charge on any atom is 0.469 e. The van der Waals surface area contributed by atoms with Gasteiger partial charge in [0.1, 0.15) is 17.1 Å². The molecule has 4 saturated carbocycles. The van der Waals surface area contributed by atoms with Gasteiger partial charge in [-0.2, -0.15) is 0 Å². The summed E-state index contributed by atoms with van der Waals surface area (Å²) in [7, 11) is -9.32. The van der Waals surface area contributed by atoms with E-state index in [9.17, 15) is 23.7 Å². The first-order chi connectivity index (χ1) is 32.4. The molecule has 0 saturated heterocycles. The van der Waals surface area contributed by atoms with Gasteiger partial charge in [0.25, 0.3) is 0 Å². The molecule has 4 aromatic carbocycles. The molecule has 380 valence electrons. The Kier molecular flexibility index (Phi) is 16.7. The molecule has 4 aliphatic carbocycles. The molecular weight excluding hydrogens is 919 g/mol. The van der Waals surface area contributed by atoms with Gasteiger partial charge in [0.2, 0.25) is 0 Å². The standard InChI is InChI=1S/C29H42NO7P.C24H34NO5P/c1-27(2,3)37-26(31)30-28(4,20-35-38(32,33)34)23-10-8-22-19-25(11-9-21(22)18-23)36-24-12-16-29(17-13-24)14-6-5-7-15-29;1-23(25,17-29-31(26,27)28)20-7-5-19-16-22(8-6-18(19)15-20)30-21-9-13-24(14-10-21)11-3-2-4-12-24/h8-11,18-19,24H,5-7,12-17,20H2,1-4H3,(H,30,31)(H2,32,33,34);5-8,15-16,21H,2-4,9-14,17,25H2,1H3,(H2,26,27,28)/t28-;23-/m00/s1. The molecule has 0 heterocycles. The molecule has 0 aliphatic heterocycles. The zero-order valence-corrected chi connectivity index (χ0v) is 43.0. The van der Waals surface area contributed by atoms with Gasteiger partial charge in [-0.05, 0) is 192 Å². The second kappa shape index (κ2) is 21.7. The van der Waals surface area contributed by atoms with Gasteiger partial charge < -0.3 is 44.8 Å². The number of phosphoric acid groups is 2. The number of phosphoric ester groups is 2. The zero-order valence-electron chi connectivity index (χ0n) is 41.3. The number of hydrogen-bond donors (Lipinski definition) is 6. The highest BCUT2D eigenvalue weighted by Gasteiger charge is 2.39. The summed E-state index contributed by atoms with van der Waals surface area (Å²) in [4.78, 5) is 49.1. The number of benzene rings is 4. The summed E-state index contributed by atoms with van der Waals surface area (Å²) < 4.78 is 50.0. The van der Waals surface area contributed by atoms with E-state index in [-0.39, 0.29) is 12.7 Å². The van der Waals surface area contributed by atoms with Crippen LogP contribution in [0.1, 0.15) is 161 Å². The summed E-state index contributed by atoms with van der Waals surface area (Å²) in [5, 5.41) is 6.67. The average molecular weight is 995 g/mol. The fraction of sp³-hybridized carbons (Fsp3) is 0.604. The van der Waals surface area contributed by atoms with Crippen LogP contribution in [-0.4, -0.2) is 56.7 Å². The number of rotatable bonds is 13. The van der Waals surface area contributed by atoms with Crippen LogP contribution in [0.3, 0.4) is 0 Å². The highest BCUT2D eigenvalue weighted by Crippen LogP contribution is 2.49. The first-order valence-electron chi connectivity index (χ1n) is 25.0. The number of carbonyl (C=O) groups excluding carboxylic acids is 1. The van der Waals surface area contributed by atoms with Gasteiger partial charge >= 0.3 is 21.7 Å². The van der Waals surface area contributed by atoms with Gasteiger partial charge in [-0.15, -0.1) is 0 Å². The van der Waals surface area contributed by atoms with E-state index in [1.165, 1.54) is 89.9 Å². The molecule has 8 rings (SSSR count). The normalized spacial score (nSPS) is 21.7. The lowest BCUT2D eigenvalue weighted by molar-refractivity contribution is 0.0404. The van der Waals surface area contributed by atoms with E-state index in [0.29, 0.717) is 22.5 Å². The van der Waals surface area contributed by atoms with Crippen LogP contribution in [0.15, 0.2) is 72.8 Å². The molecule has 4 aliphatic rings. The second-order valence-electron chi connectivity index (χ2n) is 22.1. The molecule has 1 amide bonds. The predicted octanol–water partition coefficient (Wildman–Crippen LogP) is 12.4. The van der Waals surface area contributed by atoms with E-state index in [0.717, 1.165) is 64.3 Å². The minimum Gasteiger partial charge on any atom is -0.490 e. The van der Waals surface area contributed by atoms with Crippen molar-refractivity contribution in [2.75, 3.05) is 13.2 Å². The molecule has 0 unspecified atom stereocenters. The number of amides is 1. The third-order valence-electron chi connectivity index (χ3n) is 15.2. The van der Waals surface area contributed by atoms with Gasteiger partial charge in [-0.3, -0.25) is 9.05 Å². The lowest BCUT2D eigenvalue weighted by atomic mass is 9.65. The highest BCUT2D eigenvalue weighted by atomic mass is 31.2. The van der Waals surface area contributed by atoms with E-state index in [1.807, 2.05) is 66.7 Å². The van der Waals surface area contributed by atoms with Gasteiger partial charge in [0, 0.05) is 0 Å². The van der Waals surface area contributed by atoms with Crippen LogP contribution in [0.4, 0.5) is 4.79 Å². The number of nitrogens with one attached hydrogen (secondary N) is 1. The Morgan fingerprint density at radius 3 is 1.41 bits per heavy atom. The quantitative estimate of drug-likeness (QED) is 0.0688. The van der Waals surface area contributed by atoms with Crippen LogP contribution >= 0.6 is 15.6 Å². The molecule has 7 N–H and O–H groups in total. The molecule has 69 heavy (non-hydrogen) atoms. The summed E-state index contributed by atoms with van der Waals surface area (Å²) in [6.07, 6.45) is 23.3. The number of carbonyl (C=O) groups is 1. The van der Waals surface area contributed by atoms with Crippen LogP contribution in [0.25, 0.3) is 21.5 Å². The van der Waals surface area contributed by atoms with E-state index in [4.69, 9.17) is 34.3 Å². The largest absolute Gasteiger partial charge is 0.490 e. The van der Waals surface area contributed by atoms with Crippen molar-refractivity contribution in [2.45, 2.75) is 179 Å². The van der Waals surface area contributed by atoms with E-state index < -0.39 is 45.0 Å². The van der Waals surface area contributed by atoms with Crippen LogP contribution in [0.5, 0.6) is 11.5 Å². The lowest BCUT2D eigenvalue weighted by Gasteiger charge is -2.42. The fourth-order valence-electron chi connectivity index (χ4n) is 11.2. The fourth-order valence-corrected chi connectivity index (χ4v) is 12.0. The van der Waals surface area contributed by atoms with E-state index in [1.54, 1.807) is 34.6 Å². The Bertz CT molecular complexity index is 2470. The van der Waals surface area contributed by atoms with Crippen molar-refractivity contribution in [1.82, 2.24) is 5.32 Å². The number of fused-ring (bicyclic) bond motifs is 2. The molecule has 0 bridgehead atoms. The maximum atomic E-state index is 12.6. The van der Waals surface area contributed by atoms with E-state index >= 15 is 0 Å². The molecule has 14 nitrogen and oxygen atoms in total. The number of hydrogen-bond acceptors (Lipinski definition) is 9. The van der Waals surface area contributed by atoms with Gasteiger partial charge in [-0.1, -0.05) is 74.9 Å². The van der Waals surface area contributed by atoms with Gasteiger partial charge in [-0.25, -0.2) is 13.9 Å². The molecular formula is C53H76N2O12P2.